The Bertz CT molecular complexity index is 250. The Balaban J connectivity index is 0. The largest absolute Gasteiger partial charge is 1.00 e. The van der Waals surface area contributed by atoms with Gasteiger partial charge in [0.1, 0.15) is 0 Å². The van der Waals surface area contributed by atoms with Gasteiger partial charge >= 0.3 is 29.6 Å². The molecular formula is C19H38NNaO2. The smallest absolute Gasteiger partial charge is 0.550 e. The average molecular weight is 336 g/mol. The van der Waals surface area contributed by atoms with Crippen LogP contribution >= 0.6 is 0 Å². The number of carboxylic acids is 1. The van der Waals surface area contributed by atoms with E-state index in [0.717, 1.165) is 12.8 Å². The summed E-state index contributed by atoms with van der Waals surface area (Å²) < 4.78 is 0. The maximum absolute atomic E-state index is 10.7. The van der Waals surface area contributed by atoms with Gasteiger partial charge in [-0.25, -0.2) is 0 Å². The Morgan fingerprint density at radius 2 is 1.13 bits per heavy atom. The fraction of sp³-hybridized carbons (Fsp3) is 0.947. The van der Waals surface area contributed by atoms with Crippen LogP contribution in [0.5, 0.6) is 0 Å². The minimum atomic E-state index is -0.989. The van der Waals surface area contributed by atoms with E-state index < -0.39 is 11.9 Å². The normalized spacial score (nSPS) is 11.9. The summed E-state index contributed by atoms with van der Waals surface area (Å²) in [5, 5.41) is 10.7. The second-order valence-electron chi connectivity index (χ2n) is 6.64. The third-order valence-electron chi connectivity index (χ3n) is 4.52. The fourth-order valence-electron chi connectivity index (χ4n) is 2.92. The molecule has 0 rings (SSSR count). The van der Waals surface area contributed by atoms with Crippen LogP contribution in [0.1, 0.15) is 103 Å². The molecule has 132 valence electrons. The van der Waals surface area contributed by atoms with Crippen LogP contribution in [0.25, 0.3) is 0 Å². The monoisotopic (exact) mass is 335 g/mol. The molecule has 0 saturated carbocycles. The van der Waals surface area contributed by atoms with Crippen molar-refractivity contribution in [2.75, 3.05) is 6.54 Å². The van der Waals surface area contributed by atoms with Crippen molar-refractivity contribution in [3.8, 4) is 0 Å². The van der Waals surface area contributed by atoms with Crippen LogP contribution in [0, 0.1) is 5.92 Å². The Labute approximate surface area is 166 Å². The molecule has 0 aromatic rings. The molecule has 0 fully saturated rings. The molecule has 2 N–H and O–H groups in total. The third-order valence-corrected chi connectivity index (χ3v) is 4.52. The van der Waals surface area contributed by atoms with Crippen molar-refractivity contribution < 1.29 is 39.5 Å². The number of hydrogen-bond donors (Lipinski definition) is 1. The van der Waals surface area contributed by atoms with Gasteiger partial charge in [-0.1, -0.05) is 96.8 Å². The van der Waals surface area contributed by atoms with Gasteiger partial charge in [0.25, 0.3) is 0 Å². The predicted octanol–water partition coefficient (Wildman–Crippen LogP) is 1.19. The molecule has 0 aromatic heterocycles. The first-order valence-electron chi connectivity index (χ1n) is 9.63. The molecular weight excluding hydrogens is 297 g/mol. The number of unbranched alkanes of at least 4 members (excludes halogenated alkanes) is 13. The number of carbonyl (C=O) groups is 1. The summed E-state index contributed by atoms with van der Waals surface area (Å²) in [7, 11) is 0. The standard InChI is InChI=1S/C19H39NO2.Na/c1-2-3-4-5-6-7-8-9-10-11-12-13-14-15-16-18(17-20)19(21)22;/h18H,2-17,20H2,1H3,(H,21,22);/q;+1/p-1. The number of hydrogen-bond acceptors (Lipinski definition) is 3. The quantitative estimate of drug-likeness (QED) is 0.321. The zero-order valence-electron chi connectivity index (χ0n) is 15.8. The Kier molecular flexibility index (Phi) is 22.8. The molecule has 0 amide bonds. The van der Waals surface area contributed by atoms with Gasteiger partial charge in [0.05, 0.1) is 0 Å². The minimum Gasteiger partial charge on any atom is -0.550 e. The summed E-state index contributed by atoms with van der Waals surface area (Å²) in [6.07, 6.45) is 19.1. The third kappa shape index (κ3) is 18.6. The van der Waals surface area contributed by atoms with Gasteiger partial charge in [-0.05, 0) is 6.42 Å². The summed E-state index contributed by atoms with van der Waals surface area (Å²) in [5.41, 5.74) is 5.41. The first-order chi connectivity index (χ1) is 10.7. The van der Waals surface area contributed by atoms with E-state index >= 15 is 0 Å². The number of aliphatic carboxylic acids is 1. The van der Waals surface area contributed by atoms with Gasteiger partial charge in [-0.15, -0.1) is 0 Å². The first-order valence-corrected chi connectivity index (χ1v) is 9.63. The molecule has 0 bridgehead atoms. The molecule has 0 saturated heterocycles. The number of nitrogens with two attached hydrogens (primary N) is 1. The second-order valence-corrected chi connectivity index (χ2v) is 6.64. The first kappa shape index (κ1) is 25.7. The van der Waals surface area contributed by atoms with Gasteiger partial charge in [0.2, 0.25) is 0 Å². The van der Waals surface area contributed by atoms with Crippen LogP contribution in [0.15, 0.2) is 0 Å². The summed E-state index contributed by atoms with van der Waals surface area (Å²) in [5.74, 6) is -1.44. The van der Waals surface area contributed by atoms with Gasteiger partial charge in [0, 0.05) is 18.4 Å². The molecule has 0 aromatic carbocycles. The second kappa shape index (κ2) is 20.5. The van der Waals surface area contributed by atoms with Crippen LogP contribution in [0.2, 0.25) is 0 Å². The van der Waals surface area contributed by atoms with Crippen molar-refractivity contribution in [2.45, 2.75) is 103 Å². The maximum Gasteiger partial charge on any atom is 1.00 e. The van der Waals surface area contributed by atoms with Crippen molar-refractivity contribution in [1.82, 2.24) is 0 Å². The molecule has 0 radical (unpaired) electrons. The number of carboxylic acid groups (broad SMARTS) is 1. The summed E-state index contributed by atoms with van der Waals surface area (Å²) >= 11 is 0. The molecule has 3 nitrogen and oxygen atoms in total. The van der Waals surface area contributed by atoms with E-state index in [9.17, 15) is 9.90 Å². The van der Waals surface area contributed by atoms with Crippen LogP contribution in [-0.2, 0) is 4.79 Å². The molecule has 4 heteroatoms. The van der Waals surface area contributed by atoms with Crippen LogP contribution in [-0.4, -0.2) is 12.5 Å². The summed E-state index contributed by atoms with van der Waals surface area (Å²) in [6.45, 7) is 2.47. The zero-order chi connectivity index (χ0) is 16.5. The van der Waals surface area contributed by atoms with Crippen molar-refractivity contribution in [1.29, 1.82) is 0 Å². The van der Waals surface area contributed by atoms with Crippen molar-refractivity contribution in [3.63, 3.8) is 0 Å². The predicted molar refractivity (Wildman–Crippen MR) is 92.5 cm³/mol. The maximum atomic E-state index is 10.7. The van der Waals surface area contributed by atoms with E-state index in [1.807, 2.05) is 0 Å². The molecule has 0 aliphatic carbocycles. The summed E-state index contributed by atoms with van der Waals surface area (Å²) in [4.78, 5) is 10.7. The average Bonchev–Trinajstić information content (AvgIpc) is 2.51. The van der Waals surface area contributed by atoms with Gasteiger partial charge < -0.3 is 15.6 Å². The van der Waals surface area contributed by atoms with Crippen LogP contribution in [0.3, 0.4) is 0 Å². The van der Waals surface area contributed by atoms with Gasteiger partial charge in [0.15, 0.2) is 0 Å². The minimum absolute atomic E-state index is 0. The molecule has 23 heavy (non-hydrogen) atoms. The van der Waals surface area contributed by atoms with Crippen LogP contribution < -0.4 is 40.4 Å². The molecule has 1 atom stereocenters. The zero-order valence-corrected chi connectivity index (χ0v) is 17.8. The number of rotatable bonds is 17. The summed E-state index contributed by atoms with van der Waals surface area (Å²) in [6, 6.07) is 0. The molecule has 0 aliphatic rings. The van der Waals surface area contributed by atoms with Crippen molar-refractivity contribution in [2.24, 2.45) is 11.7 Å². The molecule has 0 heterocycles. The van der Waals surface area contributed by atoms with Crippen LogP contribution in [0.4, 0.5) is 0 Å². The van der Waals surface area contributed by atoms with Crippen molar-refractivity contribution in [3.05, 3.63) is 0 Å². The van der Waals surface area contributed by atoms with E-state index in [1.54, 1.807) is 0 Å². The van der Waals surface area contributed by atoms with Gasteiger partial charge in [-0.3, -0.25) is 0 Å². The molecule has 0 spiro atoms. The van der Waals surface area contributed by atoms with E-state index in [0.29, 0.717) is 6.42 Å². The Hall–Kier alpha value is 0.430. The van der Waals surface area contributed by atoms with E-state index in [1.165, 1.54) is 77.0 Å². The topological polar surface area (TPSA) is 66.2 Å². The fourth-order valence-corrected chi connectivity index (χ4v) is 2.92. The SMILES string of the molecule is CCCCCCCCCCCCCCCCC(CN)C(=O)[O-].[Na+]. The van der Waals surface area contributed by atoms with E-state index in [4.69, 9.17) is 5.73 Å². The molecule has 1 unspecified atom stereocenters. The number of carbonyl (C=O) groups excluding carboxylic acids is 1. The van der Waals surface area contributed by atoms with E-state index in [-0.39, 0.29) is 36.1 Å². The Morgan fingerprint density at radius 3 is 1.43 bits per heavy atom. The van der Waals surface area contributed by atoms with Crippen molar-refractivity contribution >= 4 is 5.97 Å². The van der Waals surface area contributed by atoms with E-state index in [2.05, 4.69) is 6.92 Å². The molecule has 0 aliphatic heterocycles. The van der Waals surface area contributed by atoms with Gasteiger partial charge in [-0.2, -0.15) is 0 Å². The Morgan fingerprint density at radius 1 is 0.783 bits per heavy atom.